The van der Waals surface area contributed by atoms with Gasteiger partial charge in [0.05, 0.1) is 7.11 Å². The molecule has 0 fully saturated rings. The second kappa shape index (κ2) is 6.96. The van der Waals surface area contributed by atoms with E-state index in [9.17, 15) is 0 Å². The Kier molecular flexibility index (Phi) is 5.24. The predicted octanol–water partition coefficient (Wildman–Crippen LogP) is 0.0278. The van der Waals surface area contributed by atoms with Crippen LogP contribution >= 0.6 is 0 Å². The molecule has 3 nitrogen and oxygen atoms in total. The number of allylic oxidation sites excluding steroid dienone is 1. The van der Waals surface area contributed by atoms with Crippen molar-refractivity contribution in [3.63, 3.8) is 0 Å². The summed E-state index contributed by atoms with van der Waals surface area (Å²) in [6.07, 6.45) is 8.50. The number of ether oxygens (including phenoxy) is 1. The third-order valence-electron chi connectivity index (χ3n) is 3.81. The summed E-state index contributed by atoms with van der Waals surface area (Å²) < 4.78 is 7.39. The van der Waals surface area contributed by atoms with Crippen molar-refractivity contribution in [1.29, 1.82) is 0 Å². The maximum Gasteiger partial charge on any atom is 0.207 e. The average Bonchev–Trinajstić information content (AvgIpc) is 2.51. The first-order valence-corrected chi connectivity index (χ1v) is 6.95. The van der Waals surface area contributed by atoms with Gasteiger partial charge in [0, 0.05) is 42.2 Å². The van der Waals surface area contributed by atoms with Crippen LogP contribution in [0.25, 0.3) is 12.2 Å². The number of methoxy groups -OCH3 is 1. The van der Waals surface area contributed by atoms with Gasteiger partial charge < -0.3 is 33.6 Å². The zero-order valence-electron chi connectivity index (χ0n) is 13.0. The Morgan fingerprint density at radius 3 is 2.68 bits per heavy atom. The number of hydrogen-bond acceptors (Lipinski definition) is 2. The monoisotopic (exact) mass is 406 g/mol. The van der Waals surface area contributed by atoms with E-state index in [1.165, 1.54) is 16.9 Å². The van der Waals surface area contributed by atoms with E-state index >= 15 is 0 Å². The molecule has 0 bridgehead atoms. The van der Waals surface area contributed by atoms with Gasteiger partial charge in [0.15, 0.2) is 6.20 Å². The first kappa shape index (κ1) is 16.5. The quantitative estimate of drug-likeness (QED) is 0.517. The van der Waals surface area contributed by atoms with Gasteiger partial charge in [-0.1, -0.05) is 6.08 Å². The molecule has 0 N–H and O–H groups in total. The number of rotatable bonds is 2. The van der Waals surface area contributed by atoms with Gasteiger partial charge in [0.2, 0.25) is 5.69 Å². The summed E-state index contributed by atoms with van der Waals surface area (Å²) >= 11 is 0. The van der Waals surface area contributed by atoms with E-state index in [4.69, 9.17) is 4.74 Å². The summed E-state index contributed by atoms with van der Waals surface area (Å²) in [7, 11) is 5.83. The highest BCUT2D eigenvalue weighted by Crippen LogP contribution is 2.32. The van der Waals surface area contributed by atoms with E-state index in [-0.39, 0.29) is 24.0 Å². The maximum absolute atomic E-state index is 5.28. The van der Waals surface area contributed by atoms with Crippen LogP contribution in [-0.4, -0.2) is 14.2 Å². The highest BCUT2D eigenvalue weighted by molar-refractivity contribution is 5.79. The lowest BCUT2D eigenvalue weighted by molar-refractivity contribution is -0.673. The van der Waals surface area contributed by atoms with Gasteiger partial charge in [-0.25, -0.2) is 4.57 Å². The lowest BCUT2D eigenvalue weighted by Crippen LogP contribution is -3.00. The molecule has 1 aliphatic rings. The van der Waals surface area contributed by atoms with E-state index < -0.39 is 0 Å². The molecule has 0 amide bonds. The fourth-order valence-electron chi connectivity index (χ4n) is 2.51. The van der Waals surface area contributed by atoms with E-state index in [1.807, 2.05) is 12.1 Å². The van der Waals surface area contributed by atoms with Crippen LogP contribution in [0.3, 0.4) is 0 Å². The summed E-state index contributed by atoms with van der Waals surface area (Å²) in [5, 5.41) is 0. The Morgan fingerprint density at radius 1 is 1.14 bits per heavy atom. The Hall–Kier alpha value is -1.82. The fraction of sp³-hybridized carbons (Fsp3) is 0.167. The first-order valence-electron chi connectivity index (χ1n) is 6.95. The summed E-state index contributed by atoms with van der Waals surface area (Å²) in [5.41, 5.74) is 4.69. The molecule has 0 saturated carbocycles. The summed E-state index contributed by atoms with van der Waals surface area (Å²) in [6.45, 7) is 0. The second-order valence-electron chi connectivity index (χ2n) is 5.12. The Labute approximate surface area is 148 Å². The smallest absolute Gasteiger partial charge is 0.207 e. The third kappa shape index (κ3) is 3.16. The van der Waals surface area contributed by atoms with Gasteiger partial charge in [-0.15, -0.1) is 0 Å². The van der Waals surface area contributed by atoms with Crippen LogP contribution in [-0.2, 0) is 7.05 Å². The Bertz CT molecular complexity index is 738. The van der Waals surface area contributed by atoms with Gasteiger partial charge in [0.1, 0.15) is 12.8 Å². The molecular formula is C18H19IN2O. The van der Waals surface area contributed by atoms with Crippen molar-refractivity contribution in [2.75, 3.05) is 19.1 Å². The summed E-state index contributed by atoms with van der Waals surface area (Å²) in [5.74, 6) is 0.883. The van der Waals surface area contributed by atoms with Crippen molar-refractivity contribution in [3.05, 3.63) is 65.6 Å². The number of likely N-dealkylation sites (N-methyl/N-ethyl adjacent to an activating group) is 1. The first-order chi connectivity index (χ1) is 10.2. The number of aryl methyl sites for hydroxylation is 1. The average molecular weight is 406 g/mol. The van der Waals surface area contributed by atoms with E-state index in [2.05, 4.69) is 72.3 Å². The topological polar surface area (TPSA) is 16.4 Å². The standard InChI is InChI=1S/C18H19N2O.HI/c1-19-11-5-4-6-15(19)13-16-8-7-14-12-17(21-3)9-10-18(14)20(16)2;/h4-13H,1-3H3;1H/q+1;/p-1. The molecular weight excluding hydrogens is 387 g/mol. The summed E-state index contributed by atoms with van der Waals surface area (Å²) in [6, 6.07) is 12.3. The SMILES string of the molecule is COc1ccc2c(c1)C=C/C(=C\c1cccc[n+]1C)N2C.[I-]. The number of benzene rings is 1. The van der Waals surface area contributed by atoms with Crippen LogP contribution in [0.5, 0.6) is 5.75 Å². The van der Waals surface area contributed by atoms with Crippen molar-refractivity contribution >= 4 is 17.8 Å². The summed E-state index contributed by atoms with van der Waals surface area (Å²) in [4.78, 5) is 2.20. The minimum Gasteiger partial charge on any atom is -1.00 e. The molecule has 0 aliphatic carbocycles. The van der Waals surface area contributed by atoms with Crippen molar-refractivity contribution in [2.24, 2.45) is 7.05 Å². The number of fused-ring (bicyclic) bond motifs is 1. The number of nitrogens with zero attached hydrogens (tertiary/aromatic N) is 2. The molecule has 0 atom stereocenters. The Morgan fingerprint density at radius 2 is 1.95 bits per heavy atom. The minimum absolute atomic E-state index is 0. The molecule has 2 aromatic rings. The number of hydrogen-bond donors (Lipinski definition) is 0. The van der Waals surface area contributed by atoms with Crippen molar-refractivity contribution < 1.29 is 33.3 Å². The fourth-order valence-corrected chi connectivity index (χ4v) is 2.51. The largest absolute Gasteiger partial charge is 1.00 e. The van der Waals surface area contributed by atoms with Crippen LogP contribution in [0.2, 0.25) is 0 Å². The molecule has 0 unspecified atom stereocenters. The molecule has 1 aromatic carbocycles. The zero-order chi connectivity index (χ0) is 14.8. The van der Waals surface area contributed by atoms with Crippen molar-refractivity contribution in [3.8, 4) is 5.75 Å². The molecule has 0 saturated heterocycles. The molecule has 4 heteroatoms. The van der Waals surface area contributed by atoms with Crippen LogP contribution in [0.15, 0.2) is 54.4 Å². The molecule has 3 rings (SSSR count). The van der Waals surface area contributed by atoms with Gasteiger partial charge >= 0.3 is 0 Å². The molecule has 1 aromatic heterocycles. The highest BCUT2D eigenvalue weighted by atomic mass is 127. The van der Waals surface area contributed by atoms with Gasteiger partial charge in [-0.3, -0.25) is 0 Å². The predicted molar refractivity (Wildman–Crippen MR) is 86.0 cm³/mol. The van der Waals surface area contributed by atoms with Crippen molar-refractivity contribution in [1.82, 2.24) is 0 Å². The maximum atomic E-state index is 5.28. The second-order valence-corrected chi connectivity index (χ2v) is 5.12. The van der Waals surface area contributed by atoms with E-state index in [0.717, 1.165) is 11.4 Å². The highest BCUT2D eigenvalue weighted by Gasteiger charge is 2.15. The molecule has 22 heavy (non-hydrogen) atoms. The number of halogens is 1. The van der Waals surface area contributed by atoms with Crippen LogP contribution in [0.1, 0.15) is 11.3 Å². The van der Waals surface area contributed by atoms with E-state index in [0.29, 0.717) is 0 Å². The molecule has 114 valence electrons. The number of aromatic nitrogens is 1. The van der Waals surface area contributed by atoms with Crippen LogP contribution < -0.4 is 38.2 Å². The normalized spacial score (nSPS) is 14.5. The molecule has 0 spiro atoms. The molecule has 1 aliphatic heterocycles. The zero-order valence-corrected chi connectivity index (χ0v) is 15.1. The molecule has 0 radical (unpaired) electrons. The lowest BCUT2D eigenvalue weighted by Gasteiger charge is -2.26. The van der Waals surface area contributed by atoms with Crippen molar-refractivity contribution in [2.45, 2.75) is 0 Å². The van der Waals surface area contributed by atoms with E-state index in [1.54, 1.807) is 7.11 Å². The number of anilines is 1. The van der Waals surface area contributed by atoms with Crippen LogP contribution in [0, 0.1) is 0 Å². The van der Waals surface area contributed by atoms with Gasteiger partial charge in [0.25, 0.3) is 0 Å². The lowest BCUT2D eigenvalue weighted by atomic mass is 10.1. The Balaban J connectivity index is 0.00000176. The van der Waals surface area contributed by atoms with Gasteiger partial charge in [-0.2, -0.15) is 0 Å². The number of pyridine rings is 1. The third-order valence-corrected chi connectivity index (χ3v) is 3.81. The molecule has 2 heterocycles. The van der Waals surface area contributed by atoms with Gasteiger partial charge in [-0.05, 0) is 30.3 Å². The van der Waals surface area contributed by atoms with Crippen LogP contribution in [0.4, 0.5) is 5.69 Å². The minimum atomic E-state index is 0.